The second-order valence-electron chi connectivity index (χ2n) is 5.74. The molecule has 0 N–H and O–H groups in total. The van der Waals surface area contributed by atoms with Gasteiger partial charge in [-0.1, -0.05) is 18.7 Å². The van der Waals surface area contributed by atoms with Crippen LogP contribution in [0.2, 0.25) is 0 Å². The first-order valence-electron chi connectivity index (χ1n) is 8.11. The predicted molar refractivity (Wildman–Crippen MR) is 97.1 cm³/mol. The molecule has 0 heterocycles. The second kappa shape index (κ2) is 7.61. The summed E-state index contributed by atoms with van der Waals surface area (Å²) in [6.07, 6.45) is -2.17. The van der Waals surface area contributed by atoms with Crippen molar-refractivity contribution in [2.45, 2.75) is 6.11 Å². The fourth-order valence-corrected chi connectivity index (χ4v) is 2.53. The molecule has 6 heteroatoms. The average molecular weight is 374 g/mol. The third kappa shape index (κ3) is 4.16. The van der Waals surface area contributed by atoms with E-state index >= 15 is 0 Å². The highest BCUT2D eigenvalue weighted by Crippen LogP contribution is 2.36. The minimum absolute atomic E-state index is 0.263. The Balaban J connectivity index is 1.86. The molecule has 3 aromatic rings. The van der Waals surface area contributed by atoms with Crippen LogP contribution in [0.25, 0.3) is 10.8 Å². The van der Waals surface area contributed by atoms with Crippen LogP contribution in [0.1, 0.15) is 5.56 Å². The number of fused-ring (bicyclic) bond motifs is 1. The van der Waals surface area contributed by atoms with E-state index in [1.54, 1.807) is 24.3 Å². The van der Waals surface area contributed by atoms with Gasteiger partial charge in [-0.05, 0) is 59.3 Å². The van der Waals surface area contributed by atoms with Crippen LogP contribution in [0.3, 0.4) is 0 Å². The fraction of sp³-hybridized carbons (Fsp3) is 0.143. The molecule has 0 amide bonds. The molecule has 0 bridgehead atoms. The second-order valence-corrected chi connectivity index (χ2v) is 5.74. The molecule has 0 saturated heterocycles. The molecule has 3 rings (SSSR count). The normalized spacial score (nSPS) is 11.3. The van der Waals surface area contributed by atoms with Gasteiger partial charge in [0.1, 0.15) is 18.1 Å². The zero-order chi connectivity index (χ0) is 19.4. The Hall–Kier alpha value is -3.15. The Morgan fingerprint density at radius 1 is 0.963 bits per heavy atom. The first-order valence-corrected chi connectivity index (χ1v) is 8.11. The Kier molecular flexibility index (Phi) is 5.26. The molecule has 0 unspecified atom stereocenters. The quantitative estimate of drug-likeness (QED) is 0.498. The lowest BCUT2D eigenvalue weighted by molar-refractivity contribution is -0.186. The van der Waals surface area contributed by atoms with Crippen LogP contribution in [0.5, 0.6) is 17.2 Å². The maximum absolute atomic E-state index is 14.5. The van der Waals surface area contributed by atoms with E-state index < -0.39 is 23.2 Å². The molecule has 0 fully saturated rings. The molecule has 0 aliphatic heterocycles. The van der Waals surface area contributed by atoms with Crippen molar-refractivity contribution in [1.82, 2.24) is 0 Å². The highest BCUT2D eigenvalue weighted by molar-refractivity contribution is 5.85. The lowest BCUT2D eigenvalue weighted by Crippen LogP contribution is -2.22. The highest BCUT2D eigenvalue weighted by Gasteiger charge is 2.35. The van der Waals surface area contributed by atoms with Gasteiger partial charge in [0.25, 0.3) is 0 Å². The zero-order valence-corrected chi connectivity index (χ0v) is 14.5. The molecule has 0 aliphatic carbocycles. The molecule has 0 spiro atoms. The van der Waals surface area contributed by atoms with Crippen LogP contribution >= 0.6 is 0 Å². The number of methoxy groups -OCH3 is 1. The van der Waals surface area contributed by atoms with E-state index in [9.17, 15) is 13.2 Å². The van der Waals surface area contributed by atoms with E-state index in [4.69, 9.17) is 14.2 Å². The number of rotatable bonds is 7. The van der Waals surface area contributed by atoms with Crippen LogP contribution in [0.15, 0.2) is 67.3 Å². The fourth-order valence-electron chi connectivity index (χ4n) is 2.53. The van der Waals surface area contributed by atoms with Gasteiger partial charge in [-0.25, -0.2) is 4.39 Å². The Morgan fingerprint density at radius 3 is 2.33 bits per heavy atom. The van der Waals surface area contributed by atoms with Gasteiger partial charge in [-0.3, -0.25) is 0 Å². The van der Waals surface area contributed by atoms with E-state index in [1.165, 1.54) is 37.4 Å². The molecule has 3 aromatic carbocycles. The van der Waals surface area contributed by atoms with Gasteiger partial charge in [0.2, 0.25) is 0 Å². The van der Waals surface area contributed by atoms with Gasteiger partial charge in [-0.2, -0.15) is 8.78 Å². The summed E-state index contributed by atoms with van der Waals surface area (Å²) in [4.78, 5) is 0. The lowest BCUT2D eigenvalue weighted by atomic mass is 10.1. The Bertz CT molecular complexity index is 953. The first-order chi connectivity index (χ1) is 12.9. The minimum Gasteiger partial charge on any atom is -0.497 e. The summed E-state index contributed by atoms with van der Waals surface area (Å²) in [6, 6.07) is 12.4. The standard InChI is InChI=1S/C21H17F3O3/c1-3-10-26-17-8-5-16(6-9-17)21(23,24)27-20-13-14-4-7-18(25-2)11-15(14)12-19(20)22/h3-9,11-13H,1,10H2,2H3. The largest absolute Gasteiger partial charge is 0.497 e. The van der Waals surface area contributed by atoms with E-state index in [-0.39, 0.29) is 6.61 Å². The molecule has 0 saturated carbocycles. The lowest BCUT2D eigenvalue weighted by Gasteiger charge is -2.19. The number of halogens is 3. The number of ether oxygens (including phenoxy) is 3. The molecule has 140 valence electrons. The summed E-state index contributed by atoms with van der Waals surface area (Å²) in [5, 5.41) is 1.07. The molecule has 27 heavy (non-hydrogen) atoms. The van der Waals surface area contributed by atoms with Crippen LogP contribution in [-0.2, 0) is 6.11 Å². The molecular weight excluding hydrogens is 357 g/mol. The van der Waals surface area contributed by atoms with Crippen molar-refractivity contribution >= 4 is 10.8 Å². The third-order valence-electron chi connectivity index (χ3n) is 3.89. The minimum atomic E-state index is -3.71. The van der Waals surface area contributed by atoms with Crippen molar-refractivity contribution in [2.75, 3.05) is 13.7 Å². The summed E-state index contributed by atoms with van der Waals surface area (Å²) in [5.74, 6) is -0.467. The smallest absolute Gasteiger partial charge is 0.426 e. The van der Waals surface area contributed by atoms with Gasteiger partial charge < -0.3 is 14.2 Å². The van der Waals surface area contributed by atoms with Crippen molar-refractivity contribution in [2.24, 2.45) is 0 Å². The Morgan fingerprint density at radius 2 is 1.67 bits per heavy atom. The van der Waals surface area contributed by atoms with Crippen molar-refractivity contribution < 1.29 is 27.4 Å². The molecule has 0 aliphatic rings. The Labute approximate surface area is 154 Å². The first kappa shape index (κ1) is 18.6. The maximum Gasteiger partial charge on any atom is 0.426 e. The summed E-state index contributed by atoms with van der Waals surface area (Å²) >= 11 is 0. The third-order valence-corrected chi connectivity index (χ3v) is 3.89. The predicted octanol–water partition coefficient (Wildman–Crippen LogP) is 5.68. The maximum atomic E-state index is 14.5. The van der Waals surface area contributed by atoms with E-state index in [0.717, 1.165) is 6.07 Å². The van der Waals surface area contributed by atoms with Crippen molar-refractivity contribution in [3.05, 3.63) is 78.6 Å². The van der Waals surface area contributed by atoms with Gasteiger partial charge in [0.05, 0.1) is 12.7 Å². The van der Waals surface area contributed by atoms with Crippen molar-refractivity contribution in [3.8, 4) is 17.2 Å². The molecule has 0 aromatic heterocycles. The van der Waals surface area contributed by atoms with E-state index in [0.29, 0.717) is 22.3 Å². The van der Waals surface area contributed by atoms with Gasteiger partial charge >= 0.3 is 6.11 Å². The van der Waals surface area contributed by atoms with Crippen LogP contribution in [0, 0.1) is 5.82 Å². The van der Waals surface area contributed by atoms with Crippen LogP contribution in [0.4, 0.5) is 13.2 Å². The number of benzene rings is 3. The molecule has 0 radical (unpaired) electrons. The number of hydrogen-bond donors (Lipinski definition) is 0. The van der Waals surface area contributed by atoms with Crippen molar-refractivity contribution in [1.29, 1.82) is 0 Å². The summed E-state index contributed by atoms with van der Waals surface area (Å²) in [7, 11) is 1.49. The SMILES string of the molecule is C=CCOc1ccc(C(F)(F)Oc2cc3ccc(OC)cc3cc2F)cc1. The highest BCUT2D eigenvalue weighted by atomic mass is 19.3. The molecular formula is C21H17F3O3. The average Bonchev–Trinajstić information content (AvgIpc) is 2.66. The van der Waals surface area contributed by atoms with E-state index in [1.807, 2.05) is 0 Å². The zero-order valence-electron chi connectivity index (χ0n) is 14.5. The van der Waals surface area contributed by atoms with Crippen LogP contribution < -0.4 is 14.2 Å². The summed E-state index contributed by atoms with van der Waals surface area (Å²) in [6.45, 7) is 3.77. The van der Waals surface area contributed by atoms with Gasteiger partial charge in [-0.15, -0.1) is 0 Å². The topological polar surface area (TPSA) is 27.7 Å². The van der Waals surface area contributed by atoms with Gasteiger partial charge in [0, 0.05) is 0 Å². The van der Waals surface area contributed by atoms with Crippen molar-refractivity contribution in [3.63, 3.8) is 0 Å². The number of hydrogen-bond acceptors (Lipinski definition) is 3. The molecule has 0 atom stereocenters. The van der Waals surface area contributed by atoms with Crippen LogP contribution in [-0.4, -0.2) is 13.7 Å². The van der Waals surface area contributed by atoms with Gasteiger partial charge in [0.15, 0.2) is 11.6 Å². The number of alkyl halides is 2. The summed E-state index contributed by atoms with van der Waals surface area (Å²) < 4.78 is 58.2. The van der Waals surface area contributed by atoms with E-state index in [2.05, 4.69) is 6.58 Å². The summed E-state index contributed by atoms with van der Waals surface area (Å²) in [5.41, 5.74) is -0.414. The molecule has 3 nitrogen and oxygen atoms in total. The monoisotopic (exact) mass is 374 g/mol.